The van der Waals surface area contributed by atoms with Gasteiger partial charge in [-0.25, -0.2) is 0 Å². The number of anilines is 2. The Labute approximate surface area is 202 Å². The molecule has 0 saturated carbocycles. The molecule has 3 aromatic carbocycles. The van der Waals surface area contributed by atoms with Crippen LogP contribution in [0.15, 0.2) is 97.0 Å². The molecule has 0 fully saturated rings. The van der Waals surface area contributed by atoms with Gasteiger partial charge in [0.1, 0.15) is 5.70 Å². The maximum Gasteiger partial charge on any atom is 0.278 e. The second-order valence-corrected chi connectivity index (χ2v) is 8.21. The van der Waals surface area contributed by atoms with Crippen LogP contribution in [-0.2, 0) is 20.9 Å². The number of hydrogen-bond acceptors (Lipinski definition) is 5. The van der Waals surface area contributed by atoms with Crippen LogP contribution in [0.25, 0.3) is 16.3 Å². The third kappa shape index (κ3) is 4.39. The van der Waals surface area contributed by atoms with E-state index in [1.54, 1.807) is 48.8 Å². The minimum absolute atomic E-state index is 0.133. The van der Waals surface area contributed by atoms with E-state index in [1.165, 1.54) is 11.8 Å². The lowest BCUT2D eigenvalue weighted by atomic mass is 10.0. The monoisotopic (exact) mass is 462 g/mol. The minimum Gasteiger partial charge on any atom is -0.350 e. The van der Waals surface area contributed by atoms with Crippen molar-refractivity contribution in [3.8, 4) is 0 Å². The Kier molecular flexibility index (Phi) is 5.81. The number of carbonyl (C=O) groups excluding carboxylic acids is 3. The molecule has 3 amide bonds. The molecule has 0 atom stereocenters. The Hall–Kier alpha value is -4.78. The van der Waals surface area contributed by atoms with Gasteiger partial charge in [0.2, 0.25) is 5.91 Å². The molecule has 4 aromatic rings. The van der Waals surface area contributed by atoms with Crippen LogP contribution in [0, 0.1) is 0 Å². The highest BCUT2D eigenvalue weighted by Crippen LogP contribution is 2.34. The fourth-order valence-electron chi connectivity index (χ4n) is 4.17. The molecule has 7 heteroatoms. The predicted molar refractivity (Wildman–Crippen MR) is 135 cm³/mol. The molecule has 2 N–H and O–H groups in total. The maximum absolute atomic E-state index is 13.6. The maximum atomic E-state index is 13.6. The molecule has 0 spiro atoms. The Balaban J connectivity index is 1.57. The van der Waals surface area contributed by atoms with Crippen molar-refractivity contribution >= 4 is 45.4 Å². The summed E-state index contributed by atoms with van der Waals surface area (Å²) in [6, 6.07) is 24.1. The fraction of sp³-hybridized carbons (Fsp3) is 0.0714. The van der Waals surface area contributed by atoms with Crippen LogP contribution >= 0.6 is 0 Å². The van der Waals surface area contributed by atoms with E-state index in [2.05, 4.69) is 15.6 Å². The van der Waals surface area contributed by atoms with E-state index in [-0.39, 0.29) is 29.6 Å². The highest BCUT2D eigenvalue weighted by Gasteiger charge is 2.39. The Bertz CT molecular complexity index is 1470. The number of amides is 3. The quantitative estimate of drug-likeness (QED) is 0.409. The molecule has 2 heterocycles. The zero-order valence-electron chi connectivity index (χ0n) is 19.0. The summed E-state index contributed by atoms with van der Waals surface area (Å²) in [4.78, 5) is 43.8. The van der Waals surface area contributed by atoms with Crippen LogP contribution in [-0.4, -0.2) is 27.6 Å². The summed E-state index contributed by atoms with van der Waals surface area (Å²) >= 11 is 0. The molecule has 1 aliphatic rings. The van der Waals surface area contributed by atoms with Crippen LogP contribution in [0.5, 0.6) is 0 Å². The minimum atomic E-state index is -0.402. The van der Waals surface area contributed by atoms with Gasteiger partial charge in [-0.1, -0.05) is 48.5 Å². The van der Waals surface area contributed by atoms with Gasteiger partial charge in [0.05, 0.1) is 12.1 Å². The van der Waals surface area contributed by atoms with E-state index in [9.17, 15) is 14.4 Å². The third-order valence-electron chi connectivity index (χ3n) is 5.80. The van der Waals surface area contributed by atoms with Gasteiger partial charge >= 0.3 is 0 Å². The number of pyridine rings is 1. The molecule has 1 aromatic heterocycles. The van der Waals surface area contributed by atoms with Crippen molar-refractivity contribution in [1.82, 2.24) is 9.88 Å². The highest BCUT2D eigenvalue weighted by atomic mass is 16.2. The molecule has 5 rings (SSSR count). The second kappa shape index (κ2) is 9.23. The number of rotatable bonds is 6. The van der Waals surface area contributed by atoms with Crippen LogP contribution < -0.4 is 10.6 Å². The first kappa shape index (κ1) is 22.0. The molecular weight excluding hydrogens is 440 g/mol. The number of aromatic nitrogens is 1. The number of nitrogens with one attached hydrogen (secondary N) is 2. The van der Waals surface area contributed by atoms with Crippen molar-refractivity contribution in [1.29, 1.82) is 0 Å². The van der Waals surface area contributed by atoms with E-state index >= 15 is 0 Å². The SMILES string of the molecule is CC(=O)Nc1ccc(C2=C(Nc3cccc4ccccc34)C(=O)N(Cc3ccncc3)C2=O)cc1. The molecule has 0 radical (unpaired) electrons. The summed E-state index contributed by atoms with van der Waals surface area (Å²) < 4.78 is 0. The molecule has 0 unspecified atom stereocenters. The van der Waals surface area contributed by atoms with Crippen molar-refractivity contribution in [3.05, 3.63) is 108 Å². The smallest absolute Gasteiger partial charge is 0.278 e. The fourth-order valence-corrected chi connectivity index (χ4v) is 4.17. The number of nitrogens with zero attached hydrogens (tertiary/aromatic N) is 2. The van der Waals surface area contributed by atoms with E-state index in [4.69, 9.17) is 0 Å². The van der Waals surface area contributed by atoms with Crippen molar-refractivity contribution in [2.24, 2.45) is 0 Å². The molecule has 1 aliphatic heterocycles. The summed E-state index contributed by atoms with van der Waals surface area (Å²) in [5.74, 6) is -0.978. The van der Waals surface area contributed by atoms with Gasteiger partial charge in [0, 0.05) is 36.1 Å². The summed E-state index contributed by atoms with van der Waals surface area (Å²) in [5.41, 5.74) is 3.22. The van der Waals surface area contributed by atoms with Crippen molar-refractivity contribution in [2.75, 3.05) is 10.6 Å². The lowest BCUT2D eigenvalue weighted by Gasteiger charge is -2.15. The van der Waals surface area contributed by atoms with Crippen LogP contribution in [0.3, 0.4) is 0 Å². The Morgan fingerprint density at radius 2 is 1.57 bits per heavy atom. The zero-order chi connectivity index (χ0) is 24.4. The topological polar surface area (TPSA) is 91.4 Å². The van der Waals surface area contributed by atoms with Crippen molar-refractivity contribution in [2.45, 2.75) is 13.5 Å². The van der Waals surface area contributed by atoms with Crippen molar-refractivity contribution in [3.63, 3.8) is 0 Å². The lowest BCUT2D eigenvalue weighted by molar-refractivity contribution is -0.137. The molecule has 172 valence electrons. The second-order valence-electron chi connectivity index (χ2n) is 8.21. The number of imide groups is 1. The summed E-state index contributed by atoms with van der Waals surface area (Å²) in [5, 5.41) is 7.94. The van der Waals surface area contributed by atoms with Gasteiger partial charge in [0.15, 0.2) is 0 Å². The first-order chi connectivity index (χ1) is 17.0. The average molecular weight is 463 g/mol. The highest BCUT2D eigenvalue weighted by molar-refractivity contribution is 6.36. The molecule has 0 bridgehead atoms. The number of carbonyl (C=O) groups is 3. The first-order valence-corrected chi connectivity index (χ1v) is 11.1. The third-order valence-corrected chi connectivity index (χ3v) is 5.80. The van der Waals surface area contributed by atoms with E-state index in [1.807, 2.05) is 42.5 Å². The molecule has 7 nitrogen and oxygen atoms in total. The van der Waals surface area contributed by atoms with Crippen molar-refractivity contribution < 1.29 is 14.4 Å². The van der Waals surface area contributed by atoms with Crippen LogP contribution in [0.2, 0.25) is 0 Å². The number of benzene rings is 3. The van der Waals surface area contributed by atoms with Gasteiger partial charge in [-0.2, -0.15) is 0 Å². The van der Waals surface area contributed by atoms with Crippen LogP contribution in [0.4, 0.5) is 11.4 Å². The van der Waals surface area contributed by atoms with E-state index in [0.29, 0.717) is 11.3 Å². The summed E-state index contributed by atoms with van der Waals surface area (Å²) in [6.07, 6.45) is 3.26. The Morgan fingerprint density at radius 3 is 2.31 bits per heavy atom. The van der Waals surface area contributed by atoms with Gasteiger partial charge < -0.3 is 10.6 Å². The molecule has 0 saturated heterocycles. The van der Waals surface area contributed by atoms with E-state index < -0.39 is 5.91 Å². The van der Waals surface area contributed by atoms with Gasteiger partial charge in [-0.3, -0.25) is 24.3 Å². The normalized spacial score (nSPS) is 13.5. The van der Waals surface area contributed by atoms with Gasteiger partial charge in [0.25, 0.3) is 11.8 Å². The van der Waals surface area contributed by atoms with E-state index in [0.717, 1.165) is 22.0 Å². The number of hydrogen-bond donors (Lipinski definition) is 2. The number of fused-ring (bicyclic) bond motifs is 1. The predicted octanol–water partition coefficient (Wildman–Crippen LogP) is 4.59. The summed E-state index contributed by atoms with van der Waals surface area (Å²) in [6.45, 7) is 1.56. The van der Waals surface area contributed by atoms with Crippen LogP contribution in [0.1, 0.15) is 18.1 Å². The standard InChI is InChI=1S/C28H22N4O3/c1-18(33)30-22-11-9-21(10-12-22)25-26(31-24-8-4-6-20-5-2-3-7-23(20)24)28(35)32(27(25)34)17-19-13-15-29-16-14-19/h2-16,31H,17H2,1H3,(H,30,33). The molecular formula is C28H22N4O3. The average Bonchev–Trinajstić information content (AvgIpc) is 3.09. The molecule has 35 heavy (non-hydrogen) atoms. The molecule has 0 aliphatic carbocycles. The zero-order valence-corrected chi connectivity index (χ0v) is 19.0. The van der Waals surface area contributed by atoms with Gasteiger partial charge in [-0.05, 0) is 46.8 Å². The Morgan fingerprint density at radius 1 is 0.857 bits per heavy atom. The summed E-state index contributed by atoms with van der Waals surface area (Å²) in [7, 11) is 0. The largest absolute Gasteiger partial charge is 0.350 e. The van der Waals surface area contributed by atoms with Gasteiger partial charge in [-0.15, -0.1) is 0 Å². The lowest BCUT2D eigenvalue weighted by Crippen LogP contribution is -2.32. The first-order valence-electron chi connectivity index (χ1n) is 11.1.